The summed E-state index contributed by atoms with van der Waals surface area (Å²) in [4.78, 5) is 38.3. The Bertz CT molecular complexity index is 671. The van der Waals surface area contributed by atoms with Crippen molar-refractivity contribution < 1.29 is 24.6 Å². The second-order valence-electron chi connectivity index (χ2n) is 6.31. The first-order valence-electron chi connectivity index (χ1n) is 8.06. The number of carbonyl (C=O) groups is 3. The van der Waals surface area contributed by atoms with Gasteiger partial charge in [0.05, 0.1) is 6.42 Å². The van der Waals surface area contributed by atoms with Crippen LogP contribution in [-0.2, 0) is 22.6 Å². The lowest BCUT2D eigenvalue weighted by atomic mass is 9.94. The van der Waals surface area contributed by atoms with Gasteiger partial charge in [-0.15, -0.1) is 0 Å². The Balaban J connectivity index is 1.83. The minimum Gasteiger partial charge on any atom is -0.481 e. The molecule has 2 N–H and O–H groups in total. The maximum Gasteiger partial charge on any atom is 0.326 e. The highest BCUT2D eigenvalue weighted by atomic mass is 16.4. The molecule has 1 aromatic carbocycles. The van der Waals surface area contributed by atoms with E-state index in [-0.39, 0.29) is 38.0 Å². The van der Waals surface area contributed by atoms with Crippen LogP contribution in [0.5, 0.6) is 0 Å². The van der Waals surface area contributed by atoms with Gasteiger partial charge in [0.1, 0.15) is 6.04 Å². The molecule has 1 unspecified atom stereocenters. The number of fused-ring (bicyclic) bond motifs is 1. The molecule has 1 aromatic rings. The van der Waals surface area contributed by atoms with Crippen LogP contribution in [0.2, 0.25) is 0 Å². The zero-order valence-corrected chi connectivity index (χ0v) is 13.2. The topological polar surface area (TPSA) is 98.2 Å². The van der Waals surface area contributed by atoms with Crippen molar-refractivity contribution in [3.63, 3.8) is 0 Å². The van der Waals surface area contributed by atoms with Crippen molar-refractivity contribution in [1.29, 1.82) is 0 Å². The fraction of sp³-hybridized carbons (Fsp3) is 0.471. The minimum absolute atomic E-state index is 0.0310. The number of benzene rings is 1. The van der Waals surface area contributed by atoms with Crippen LogP contribution in [0.1, 0.15) is 30.4 Å². The molecule has 128 valence electrons. The molecule has 0 radical (unpaired) electrons. The highest BCUT2D eigenvalue weighted by Crippen LogP contribution is 2.31. The van der Waals surface area contributed by atoms with Gasteiger partial charge in [0.15, 0.2) is 0 Å². The molecule has 2 aliphatic rings. The quantitative estimate of drug-likeness (QED) is 0.852. The van der Waals surface area contributed by atoms with Gasteiger partial charge >= 0.3 is 18.0 Å². The van der Waals surface area contributed by atoms with E-state index in [1.54, 1.807) is 0 Å². The van der Waals surface area contributed by atoms with Gasteiger partial charge < -0.3 is 20.0 Å². The van der Waals surface area contributed by atoms with Crippen molar-refractivity contribution in [1.82, 2.24) is 9.80 Å². The van der Waals surface area contributed by atoms with Gasteiger partial charge in [-0.25, -0.2) is 9.59 Å². The normalized spacial score (nSPS) is 19.5. The van der Waals surface area contributed by atoms with Gasteiger partial charge in [-0.2, -0.15) is 0 Å². The molecule has 1 fully saturated rings. The molecule has 3 rings (SSSR count). The van der Waals surface area contributed by atoms with Crippen LogP contribution >= 0.6 is 0 Å². The lowest BCUT2D eigenvalue weighted by Crippen LogP contribution is -2.54. The maximum atomic E-state index is 12.9. The zero-order valence-electron chi connectivity index (χ0n) is 13.2. The van der Waals surface area contributed by atoms with Gasteiger partial charge in [-0.3, -0.25) is 4.79 Å². The van der Waals surface area contributed by atoms with Gasteiger partial charge in [0.2, 0.25) is 0 Å². The highest BCUT2D eigenvalue weighted by molar-refractivity contribution is 5.84. The van der Waals surface area contributed by atoms with Gasteiger partial charge in [0.25, 0.3) is 0 Å². The molecule has 1 aliphatic heterocycles. The molecular formula is C17H20N2O5. The van der Waals surface area contributed by atoms with E-state index in [9.17, 15) is 19.5 Å². The summed E-state index contributed by atoms with van der Waals surface area (Å²) < 4.78 is 0. The molecule has 2 amide bonds. The summed E-state index contributed by atoms with van der Waals surface area (Å²) in [6, 6.07) is 6.25. The van der Waals surface area contributed by atoms with Crippen LogP contribution in [0.15, 0.2) is 24.3 Å². The first-order valence-corrected chi connectivity index (χ1v) is 8.06. The lowest BCUT2D eigenvalue weighted by Gasteiger charge is -2.38. The van der Waals surface area contributed by atoms with E-state index in [0.717, 1.165) is 24.0 Å². The highest BCUT2D eigenvalue weighted by Gasteiger charge is 2.40. The summed E-state index contributed by atoms with van der Waals surface area (Å²) in [6.07, 6.45) is 1.82. The molecule has 1 atom stereocenters. The summed E-state index contributed by atoms with van der Waals surface area (Å²) in [7, 11) is 0. The number of carbonyl (C=O) groups excluding carboxylic acids is 1. The maximum absolute atomic E-state index is 12.9. The average Bonchev–Trinajstić information content (AvgIpc) is 3.38. The second-order valence-corrected chi connectivity index (χ2v) is 6.31. The van der Waals surface area contributed by atoms with Crippen LogP contribution in [-0.4, -0.2) is 56.6 Å². The van der Waals surface area contributed by atoms with E-state index >= 15 is 0 Å². The van der Waals surface area contributed by atoms with E-state index in [1.165, 1.54) is 9.80 Å². The van der Waals surface area contributed by atoms with Crippen molar-refractivity contribution >= 4 is 18.0 Å². The monoisotopic (exact) mass is 332 g/mol. The average molecular weight is 332 g/mol. The van der Waals surface area contributed by atoms with E-state index in [4.69, 9.17) is 5.11 Å². The van der Waals surface area contributed by atoms with Crippen molar-refractivity contribution in [3.8, 4) is 0 Å². The molecule has 7 nitrogen and oxygen atoms in total. The van der Waals surface area contributed by atoms with Crippen molar-refractivity contribution in [2.24, 2.45) is 0 Å². The van der Waals surface area contributed by atoms with E-state index in [1.807, 2.05) is 24.3 Å². The first-order chi connectivity index (χ1) is 11.5. The number of hydrogen-bond acceptors (Lipinski definition) is 3. The Hall–Kier alpha value is -2.57. The molecule has 0 aromatic heterocycles. The molecule has 7 heteroatoms. The van der Waals surface area contributed by atoms with Crippen molar-refractivity contribution in [3.05, 3.63) is 35.4 Å². The smallest absolute Gasteiger partial charge is 0.326 e. The van der Waals surface area contributed by atoms with E-state index in [0.29, 0.717) is 0 Å². The Kier molecular flexibility index (Phi) is 4.42. The van der Waals surface area contributed by atoms with Crippen LogP contribution < -0.4 is 0 Å². The molecule has 0 saturated heterocycles. The number of aliphatic carboxylic acids is 2. The number of urea groups is 1. The Morgan fingerprint density at radius 3 is 2.38 bits per heavy atom. The molecule has 24 heavy (non-hydrogen) atoms. The second kappa shape index (κ2) is 6.51. The lowest BCUT2D eigenvalue weighted by molar-refractivity contribution is -0.143. The number of nitrogens with zero attached hydrogens (tertiary/aromatic N) is 2. The number of hydrogen-bond donors (Lipinski definition) is 2. The van der Waals surface area contributed by atoms with Crippen molar-refractivity contribution in [2.45, 2.75) is 44.3 Å². The summed E-state index contributed by atoms with van der Waals surface area (Å²) in [5, 5.41) is 18.4. The summed E-state index contributed by atoms with van der Waals surface area (Å²) in [6.45, 7) is 0.353. The standard InChI is InChI=1S/C17H20N2O5/c20-15(21)7-8-18(13-5-6-13)17(24)19-10-12-4-2-1-3-11(12)9-14(19)16(22)23/h1-4,13-14H,5-10H2,(H,20,21)(H,22,23). The molecular weight excluding hydrogens is 312 g/mol. The predicted octanol–water partition coefficient (Wildman–Crippen LogP) is 1.56. The van der Waals surface area contributed by atoms with Crippen LogP contribution in [0.4, 0.5) is 4.79 Å². The van der Waals surface area contributed by atoms with Crippen molar-refractivity contribution in [2.75, 3.05) is 6.54 Å². The van der Waals surface area contributed by atoms with Crippen LogP contribution in [0.25, 0.3) is 0 Å². The Morgan fingerprint density at radius 1 is 1.12 bits per heavy atom. The predicted molar refractivity (Wildman–Crippen MR) is 84.5 cm³/mol. The fourth-order valence-electron chi connectivity index (χ4n) is 3.15. The number of carboxylic acid groups (broad SMARTS) is 2. The zero-order chi connectivity index (χ0) is 17.3. The summed E-state index contributed by atoms with van der Waals surface area (Å²) >= 11 is 0. The largest absolute Gasteiger partial charge is 0.481 e. The Morgan fingerprint density at radius 2 is 1.79 bits per heavy atom. The third kappa shape index (κ3) is 3.34. The van der Waals surface area contributed by atoms with E-state index in [2.05, 4.69) is 0 Å². The number of carboxylic acids is 2. The number of amides is 2. The molecule has 1 aliphatic carbocycles. The molecule has 1 heterocycles. The van der Waals surface area contributed by atoms with E-state index < -0.39 is 18.0 Å². The van der Waals surface area contributed by atoms with Crippen LogP contribution in [0.3, 0.4) is 0 Å². The van der Waals surface area contributed by atoms with Gasteiger partial charge in [-0.1, -0.05) is 24.3 Å². The fourth-order valence-corrected chi connectivity index (χ4v) is 3.15. The van der Waals surface area contributed by atoms with Gasteiger partial charge in [-0.05, 0) is 24.0 Å². The van der Waals surface area contributed by atoms with Crippen LogP contribution in [0, 0.1) is 0 Å². The first kappa shape index (κ1) is 16.3. The molecule has 0 bridgehead atoms. The minimum atomic E-state index is -1.04. The number of rotatable bonds is 5. The van der Waals surface area contributed by atoms with Gasteiger partial charge in [0, 0.05) is 25.6 Å². The summed E-state index contributed by atoms with van der Waals surface area (Å²) in [5.41, 5.74) is 1.88. The molecule has 1 saturated carbocycles. The third-order valence-corrected chi connectivity index (χ3v) is 4.58. The third-order valence-electron chi connectivity index (χ3n) is 4.58. The summed E-state index contributed by atoms with van der Waals surface area (Å²) in [5.74, 6) is -2.00. The molecule has 0 spiro atoms. The Labute approximate surface area is 139 Å². The SMILES string of the molecule is O=C(O)CCN(C(=O)N1Cc2ccccc2CC1C(=O)O)C1CC1.